The molecule has 29 heavy (non-hydrogen) atoms. The number of hydrogen-bond acceptors (Lipinski definition) is 5. The summed E-state index contributed by atoms with van der Waals surface area (Å²) in [5.74, 6) is -0.370. The van der Waals surface area contributed by atoms with Gasteiger partial charge in [0, 0.05) is 25.8 Å². The highest BCUT2D eigenvalue weighted by Crippen LogP contribution is 2.19. The Morgan fingerprint density at radius 3 is 2.66 bits per heavy atom. The number of aromatic nitrogens is 3. The van der Waals surface area contributed by atoms with E-state index in [2.05, 4.69) is 15.6 Å². The lowest BCUT2D eigenvalue weighted by Crippen LogP contribution is -2.26. The van der Waals surface area contributed by atoms with Gasteiger partial charge in [-0.05, 0) is 29.8 Å². The molecule has 0 fully saturated rings. The maximum Gasteiger partial charge on any atom is 0.277 e. The number of carbonyl (C=O) groups excluding carboxylic acids is 2. The number of amides is 2. The summed E-state index contributed by atoms with van der Waals surface area (Å²) in [6, 6.07) is 12.9. The van der Waals surface area contributed by atoms with E-state index in [-0.39, 0.29) is 30.6 Å². The third-order valence-electron chi connectivity index (χ3n) is 3.98. The number of hydrogen-bond donors (Lipinski definition) is 1. The summed E-state index contributed by atoms with van der Waals surface area (Å²) >= 11 is 0. The molecule has 0 radical (unpaired) electrons. The van der Waals surface area contributed by atoms with Gasteiger partial charge in [0.2, 0.25) is 5.91 Å². The zero-order valence-corrected chi connectivity index (χ0v) is 16.0. The smallest absolute Gasteiger partial charge is 0.277 e. The van der Waals surface area contributed by atoms with E-state index in [1.54, 1.807) is 50.5 Å². The molecule has 8 nitrogen and oxygen atoms in total. The summed E-state index contributed by atoms with van der Waals surface area (Å²) in [5, 5.41) is 10.3. The second-order valence-corrected chi connectivity index (χ2v) is 6.49. The third kappa shape index (κ3) is 5.61. The summed E-state index contributed by atoms with van der Waals surface area (Å²) in [6.07, 6.45) is 1.41. The van der Waals surface area contributed by atoms with Gasteiger partial charge in [-0.1, -0.05) is 23.4 Å². The third-order valence-corrected chi connectivity index (χ3v) is 3.98. The molecular weight excluding hydrogens is 377 g/mol. The van der Waals surface area contributed by atoms with Gasteiger partial charge in [-0.25, -0.2) is 9.07 Å². The van der Waals surface area contributed by atoms with Gasteiger partial charge in [-0.15, -0.1) is 5.10 Å². The minimum absolute atomic E-state index is 0.00000923. The van der Waals surface area contributed by atoms with Crippen LogP contribution in [0.2, 0.25) is 0 Å². The van der Waals surface area contributed by atoms with E-state index in [0.29, 0.717) is 11.4 Å². The van der Waals surface area contributed by atoms with Crippen LogP contribution >= 0.6 is 0 Å². The van der Waals surface area contributed by atoms with E-state index >= 15 is 0 Å². The second kappa shape index (κ2) is 8.96. The molecule has 0 saturated heterocycles. The number of ether oxygens (including phenoxy) is 1. The van der Waals surface area contributed by atoms with Crippen LogP contribution in [0.1, 0.15) is 16.1 Å². The lowest BCUT2D eigenvalue weighted by molar-refractivity contribution is -0.129. The standard InChI is InChI=1S/C20H20FN5O3/c1-25(2)19(27)12-26-11-18(23-24-26)20(28)22-16-4-3-5-17(10-16)29-13-14-6-8-15(21)9-7-14/h3-11H,12-13H2,1-2H3,(H,22,28). The lowest BCUT2D eigenvalue weighted by Gasteiger charge is -2.09. The van der Waals surface area contributed by atoms with Crippen molar-refractivity contribution in [3.05, 3.63) is 71.8 Å². The summed E-state index contributed by atoms with van der Waals surface area (Å²) in [4.78, 5) is 25.5. The van der Waals surface area contributed by atoms with Gasteiger partial charge >= 0.3 is 0 Å². The fourth-order valence-electron chi connectivity index (χ4n) is 2.37. The Morgan fingerprint density at radius 1 is 1.17 bits per heavy atom. The maximum atomic E-state index is 13.0. The van der Waals surface area contributed by atoms with Crippen molar-refractivity contribution < 1.29 is 18.7 Å². The number of nitrogens with zero attached hydrogens (tertiary/aromatic N) is 4. The van der Waals surface area contributed by atoms with Crippen molar-refractivity contribution in [3.8, 4) is 5.75 Å². The van der Waals surface area contributed by atoms with Crippen LogP contribution in [0.3, 0.4) is 0 Å². The van der Waals surface area contributed by atoms with Crippen LogP contribution in [-0.2, 0) is 17.9 Å². The molecule has 0 atom stereocenters. The SMILES string of the molecule is CN(C)C(=O)Cn1cc(C(=O)Nc2cccc(OCc3ccc(F)cc3)c2)nn1. The molecule has 0 aliphatic rings. The first-order valence-corrected chi connectivity index (χ1v) is 8.79. The lowest BCUT2D eigenvalue weighted by atomic mass is 10.2. The molecule has 2 amide bonds. The van der Waals surface area contributed by atoms with Crippen molar-refractivity contribution in [2.45, 2.75) is 13.2 Å². The molecule has 150 valence electrons. The molecule has 3 rings (SSSR count). The van der Waals surface area contributed by atoms with Crippen molar-refractivity contribution in [3.63, 3.8) is 0 Å². The molecule has 0 bridgehead atoms. The van der Waals surface area contributed by atoms with E-state index in [9.17, 15) is 14.0 Å². The summed E-state index contributed by atoms with van der Waals surface area (Å²) < 4.78 is 19.9. The Labute approximate surface area is 166 Å². The molecule has 0 saturated carbocycles. The number of halogens is 1. The zero-order chi connectivity index (χ0) is 20.8. The largest absolute Gasteiger partial charge is 0.489 e. The van der Waals surface area contributed by atoms with Crippen LogP contribution in [0.25, 0.3) is 0 Å². The average molecular weight is 397 g/mol. The molecular formula is C20H20FN5O3. The molecule has 9 heteroatoms. The zero-order valence-electron chi connectivity index (χ0n) is 16.0. The first kappa shape index (κ1) is 20.0. The first-order valence-electron chi connectivity index (χ1n) is 8.79. The average Bonchev–Trinajstić information content (AvgIpc) is 3.16. The van der Waals surface area contributed by atoms with Crippen molar-refractivity contribution >= 4 is 17.5 Å². The Balaban J connectivity index is 1.59. The van der Waals surface area contributed by atoms with Crippen LogP contribution in [-0.4, -0.2) is 45.8 Å². The van der Waals surface area contributed by atoms with Crippen molar-refractivity contribution in [1.29, 1.82) is 0 Å². The minimum atomic E-state index is -0.454. The number of likely N-dealkylation sites (N-methyl/N-ethyl adjacent to an activating group) is 1. The topological polar surface area (TPSA) is 89.4 Å². The van der Waals surface area contributed by atoms with Gasteiger partial charge in [0.15, 0.2) is 5.69 Å². The predicted molar refractivity (Wildman–Crippen MR) is 104 cm³/mol. The molecule has 0 aliphatic heterocycles. The van der Waals surface area contributed by atoms with Crippen LogP contribution in [0, 0.1) is 5.82 Å². The summed E-state index contributed by atoms with van der Waals surface area (Å²) in [7, 11) is 3.27. The highest BCUT2D eigenvalue weighted by atomic mass is 19.1. The Morgan fingerprint density at radius 2 is 1.93 bits per heavy atom. The van der Waals surface area contributed by atoms with Crippen LogP contribution < -0.4 is 10.1 Å². The molecule has 1 aromatic heterocycles. The molecule has 2 aromatic carbocycles. The highest BCUT2D eigenvalue weighted by Gasteiger charge is 2.13. The van der Waals surface area contributed by atoms with Crippen molar-refractivity contribution in [2.75, 3.05) is 19.4 Å². The van der Waals surface area contributed by atoms with E-state index < -0.39 is 5.91 Å². The van der Waals surface area contributed by atoms with Crippen LogP contribution in [0.15, 0.2) is 54.7 Å². The van der Waals surface area contributed by atoms with Gasteiger partial charge < -0.3 is 15.0 Å². The fraction of sp³-hybridized carbons (Fsp3) is 0.200. The number of carbonyl (C=O) groups is 2. The van der Waals surface area contributed by atoms with E-state index in [0.717, 1.165) is 5.56 Å². The Hall–Kier alpha value is -3.75. The molecule has 0 unspecified atom stereocenters. The molecule has 0 spiro atoms. The molecule has 1 heterocycles. The fourth-order valence-corrected chi connectivity index (χ4v) is 2.37. The van der Waals surface area contributed by atoms with Crippen LogP contribution in [0.4, 0.5) is 10.1 Å². The molecule has 0 aliphatic carbocycles. The van der Waals surface area contributed by atoms with Crippen molar-refractivity contribution in [1.82, 2.24) is 19.9 Å². The number of anilines is 1. The van der Waals surface area contributed by atoms with Gasteiger partial charge in [0.1, 0.15) is 24.7 Å². The van der Waals surface area contributed by atoms with Gasteiger partial charge in [-0.3, -0.25) is 9.59 Å². The molecule has 1 N–H and O–H groups in total. The maximum absolute atomic E-state index is 13.0. The summed E-state index contributed by atoms with van der Waals surface area (Å²) in [6.45, 7) is 0.270. The van der Waals surface area contributed by atoms with Gasteiger partial charge in [0.25, 0.3) is 5.91 Å². The van der Waals surface area contributed by atoms with Gasteiger partial charge in [0.05, 0.1) is 6.20 Å². The highest BCUT2D eigenvalue weighted by molar-refractivity contribution is 6.02. The van der Waals surface area contributed by atoms with E-state index in [1.807, 2.05) is 0 Å². The van der Waals surface area contributed by atoms with Gasteiger partial charge in [-0.2, -0.15) is 0 Å². The Bertz CT molecular complexity index is 1000. The normalized spacial score (nSPS) is 10.4. The Kier molecular flexibility index (Phi) is 6.18. The van der Waals surface area contributed by atoms with Crippen LogP contribution in [0.5, 0.6) is 5.75 Å². The quantitative estimate of drug-likeness (QED) is 0.661. The van der Waals surface area contributed by atoms with E-state index in [4.69, 9.17) is 4.74 Å². The number of nitrogens with one attached hydrogen (secondary N) is 1. The number of rotatable bonds is 7. The molecule has 3 aromatic rings. The first-order chi connectivity index (χ1) is 13.9. The number of benzene rings is 2. The second-order valence-electron chi connectivity index (χ2n) is 6.49. The summed E-state index contributed by atoms with van der Waals surface area (Å²) in [5.41, 5.74) is 1.43. The predicted octanol–water partition coefficient (Wildman–Crippen LogP) is 2.34. The van der Waals surface area contributed by atoms with Crippen molar-refractivity contribution in [2.24, 2.45) is 0 Å². The minimum Gasteiger partial charge on any atom is -0.489 e. The van der Waals surface area contributed by atoms with E-state index in [1.165, 1.54) is 27.9 Å². The monoisotopic (exact) mass is 397 g/mol.